The van der Waals surface area contributed by atoms with E-state index >= 15 is 0 Å². The Kier molecular flexibility index (Phi) is 8.11. The van der Waals surface area contributed by atoms with Crippen molar-refractivity contribution >= 4 is 28.3 Å². The molecule has 1 aromatic rings. The van der Waals surface area contributed by atoms with Crippen LogP contribution in [0.3, 0.4) is 0 Å². The zero-order valence-corrected chi connectivity index (χ0v) is 14.8. The summed E-state index contributed by atoms with van der Waals surface area (Å²) in [6, 6.07) is 9.29. The van der Waals surface area contributed by atoms with Gasteiger partial charge < -0.3 is 5.32 Å². The van der Waals surface area contributed by atoms with E-state index in [-0.39, 0.29) is 12.4 Å². The van der Waals surface area contributed by atoms with E-state index in [9.17, 15) is 0 Å². The predicted molar refractivity (Wildman–Crippen MR) is 92.6 cm³/mol. The molecule has 0 aliphatic carbocycles. The molecule has 2 nitrogen and oxygen atoms in total. The maximum atomic E-state index is 3.50. The van der Waals surface area contributed by atoms with Crippen LogP contribution in [0.15, 0.2) is 28.7 Å². The van der Waals surface area contributed by atoms with Crippen LogP contribution in [-0.2, 0) is 0 Å². The summed E-state index contributed by atoms with van der Waals surface area (Å²) in [7, 11) is 0. The topological polar surface area (TPSA) is 15.3 Å². The first-order chi connectivity index (χ1) is 9.20. The standard InChI is InChI=1S/C16H25BrN2.ClH/c1-3-18-12-14-8-10-19(11-9-14)13(2)15-4-6-16(17)7-5-15;/h4-7,13-14,18H,3,8-12H2,1-2H3;1H. The lowest BCUT2D eigenvalue weighted by atomic mass is 9.94. The second-order valence-corrected chi connectivity index (χ2v) is 6.43. The predicted octanol–water partition coefficient (Wildman–Crippen LogP) is 4.25. The average molecular weight is 362 g/mol. The largest absolute Gasteiger partial charge is 0.317 e. The van der Waals surface area contributed by atoms with Gasteiger partial charge in [-0.2, -0.15) is 0 Å². The number of hydrogen-bond donors (Lipinski definition) is 1. The van der Waals surface area contributed by atoms with Gasteiger partial charge in [-0.05, 0) is 69.6 Å². The highest BCUT2D eigenvalue weighted by molar-refractivity contribution is 9.10. The third-order valence-electron chi connectivity index (χ3n) is 4.23. The first-order valence-corrected chi connectivity index (χ1v) is 8.20. The van der Waals surface area contributed by atoms with Crippen LogP contribution in [0.25, 0.3) is 0 Å². The Bertz CT molecular complexity index is 375. The smallest absolute Gasteiger partial charge is 0.0319 e. The number of benzene rings is 1. The van der Waals surface area contributed by atoms with E-state index in [4.69, 9.17) is 0 Å². The van der Waals surface area contributed by atoms with Gasteiger partial charge in [0.1, 0.15) is 0 Å². The lowest BCUT2D eigenvalue weighted by Crippen LogP contribution is -2.38. The molecule has 1 aliphatic rings. The normalized spacial score (nSPS) is 18.6. The molecule has 1 atom stereocenters. The van der Waals surface area contributed by atoms with Crippen LogP contribution < -0.4 is 5.32 Å². The summed E-state index contributed by atoms with van der Waals surface area (Å²) in [5, 5.41) is 3.48. The number of piperidine rings is 1. The lowest BCUT2D eigenvalue weighted by Gasteiger charge is -2.36. The average Bonchev–Trinajstić information content (AvgIpc) is 2.46. The minimum Gasteiger partial charge on any atom is -0.317 e. The molecule has 1 aromatic carbocycles. The molecule has 1 saturated heterocycles. The van der Waals surface area contributed by atoms with E-state index in [1.54, 1.807) is 0 Å². The Morgan fingerprint density at radius 1 is 1.25 bits per heavy atom. The van der Waals surface area contributed by atoms with Gasteiger partial charge in [-0.3, -0.25) is 4.90 Å². The van der Waals surface area contributed by atoms with Gasteiger partial charge >= 0.3 is 0 Å². The molecule has 1 unspecified atom stereocenters. The van der Waals surface area contributed by atoms with Crippen LogP contribution in [0, 0.1) is 5.92 Å². The van der Waals surface area contributed by atoms with Crippen LogP contribution in [0.2, 0.25) is 0 Å². The van der Waals surface area contributed by atoms with Crippen molar-refractivity contribution in [2.24, 2.45) is 5.92 Å². The molecule has 114 valence electrons. The van der Waals surface area contributed by atoms with Gasteiger partial charge in [0.05, 0.1) is 0 Å². The van der Waals surface area contributed by atoms with Gasteiger partial charge in [0.15, 0.2) is 0 Å². The molecular weight excluding hydrogens is 336 g/mol. The Morgan fingerprint density at radius 3 is 2.40 bits per heavy atom. The minimum absolute atomic E-state index is 0. The third-order valence-corrected chi connectivity index (χ3v) is 4.76. The van der Waals surface area contributed by atoms with Crippen LogP contribution >= 0.6 is 28.3 Å². The van der Waals surface area contributed by atoms with Crippen molar-refractivity contribution in [3.05, 3.63) is 34.3 Å². The Hall–Kier alpha value is -0.0900. The van der Waals surface area contributed by atoms with Crippen molar-refractivity contribution in [2.75, 3.05) is 26.2 Å². The molecule has 0 saturated carbocycles. The lowest BCUT2D eigenvalue weighted by molar-refractivity contribution is 0.140. The van der Waals surface area contributed by atoms with Crippen molar-refractivity contribution in [1.82, 2.24) is 10.2 Å². The quantitative estimate of drug-likeness (QED) is 0.843. The van der Waals surface area contributed by atoms with Gasteiger partial charge in [0, 0.05) is 10.5 Å². The highest BCUT2D eigenvalue weighted by atomic mass is 79.9. The molecule has 0 radical (unpaired) electrons. The van der Waals surface area contributed by atoms with Crippen LogP contribution in [0.4, 0.5) is 0 Å². The van der Waals surface area contributed by atoms with Gasteiger partial charge in [0.2, 0.25) is 0 Å². The molecule has 0 aromatic heterocycles. The van der Waals surface area contributed by atoms with Crippen molar-refractivity contribution in [3.8, 4) is 0 Å². The SMILES string of the molecule is CCNCC1CCN(C(C)c2ccc(Br)cc2)CC1.Cl. The number of halogens is 2. The maximum Gasteiger partial charge on any atom is 0.0319 e. The maximum absolute atomic E-state index is 3.50. The van der Waals surface area contributed by atoms with E-state index in [1.807, 2.05) is 0 Å². The highest BCUT2D eigenvalue weighted by Crippen LogP contribution is 2.27. The van der Waals surface area contributed by atoms with Gasteiger partial charge in [-0.1, -0.05) is 35.0 Å². The molecular formula is C16H26BrClN2. The monoisotopic (exact) mass is 360 g/mol. The summed E-state index contributed by atoms with van der Waals surface area (Å²) in [6.07, 6.45) is 2.65. The molecule has 20 heavy (non-hydrogen) atoms. The van der Waals surface area contributed by atoms with Gasteiger partial charge in [-0.15, -0.1) is 12.4 Å². The molecule has 1 aliphatic heterocycles. The number of rotatable bonds is 5. The van der Waals surface area contributed by atoms with E-state index in [0.29, 0.717) is 6.04 Å². The van der Waals surface area contributed by atoms with Crippen LogP contribution in [0.5, 0.6) is 0 Å². The molecule has 0 spiro atoms. The summed E-state index contributed by atoms with van der Waals surface area (Å²) in [4.78, 5) is 2.62. The van der Waals surface area contributed by atoms with Gasteiger partial charge in [0.25, 0.3) is 0 Å². The Morgan fingerprint density at radius 2 is 1.85 bits per heavy atom. The number of nitrogens with zero attached hydrogens (tertiary/aromatic N) is 1. The molecule has 0 bridgehead atoms. The first kappa shape index (κ1) is 18.0. The summed E-state index contributed by atoms with van der Waals surface area (Å²) in [6.45, 7) is 9.26. The Balaban J connectivity index is 0.00000200. The third kappa shape index (κ3) is 5.03. The summed E-state index contributed by atoms with van der Waals surface area (Å²) >= 11 is 3.50. The fraction of sp³-hybridized carbons (Fsp3) is 0.625. The number of hydrogen-bond acceptors (Lipinski definition) is 2. The highest BCUT2D eigenvalue weighted by Gasteiger charge is 2.23. The zero-order chi connectivity index (χ0) is 13.7. The van der Waals surface area contributed by atoms with E-state index in [2.05, 4.69) is 64.3 Å². The minimum atomic E-state index is 0. The van der Waals surface area contributed by atoms with E-state index in [1.165, 1.54) is 38.0 Å². The number of likely N-dealkylation sites (tertiary alicyclic amines) is 1. The molecule has 4 heteroatoms. The molecule has 1 fully saturated rings. The molecule has 1 N–H and O–H groups in total. The van der Waals surface area contributed by atoms with Crippen LogP contribution in [0.1, 0.15) is 38.3 Å². The summed E-state index contributed by atoms with van der Waals surface area (Å²) in [5.41, 5.74) is 1.42. The molecule has 2 rings (SSSR count). The van der Waals surface area contributed by atoms with Crippen molar-refractivity contribution in [2.45, 2.75) is 32.7 Å². The fourth-order valence-electron chi connectivity index (χ4n) is 2.84. The van der Waals surface area contributed by atoms with E-state index in [0.717, 1.165) is 16.9 Å². The van der Waals surface area contributed by atoms with E-state index < -0.39 is 0 Å². The van der Waals surface area contributed by atoms with Crippen molar-refractivity contribution in [1.29, 1.82) is 0 Å². The Labute approximate surface area is 137 Å². The summed E-state index contributed by atoms with van der Waals surface area (Å²) < 4.78 is 1.16. The van der Waals surface area contributed by atoms with Gasteiger partial charge in [-0.25, -0.2) is 0 Å². The second-order valence-electron chi connectivity index (χ2n) is 5.51. The second kappa shape index (κ2) is 9.04. The fourth-order valence-corrected chi connectivity index (χ4v) is 3.11. The molecule has 0 amide bonds. The van der Waals surface area contributed by atoms with Crippen molar-refractivity contribution in [3.63, 3.8) is 0 Å². The van der Waals surface area contributed by atoms with Crippen LogP contribution in [-0.4, -0.2) is 31.1 Å². The summed E-state index contributed by atoms with van der Waals surface area (Å²) in [5.74, 6) is 0.869. The number of nitrogens with one attached hydrogen (secondary N) is 1. The molecule has 1 heterocycles. The zero-order valence-electron chi connectivity index (χ0n) is 12.4. The van der Waals surface area contributed by atoms with Crippen molar-refractivity contribution < 1.29 is 0 Å². The first-order valence-electron chi connectivity index (χ1n) is 7.41.